The second kappa shape index (κ2) is 4.75. The third kappa shape index (κ3) is 2.48. The van der Waals surface area contributed by atoms with Crippen LogP contribution in [0.2, 0.25) is 0 Å². The predicted octanol–water partition coefficient (Wildman–Crippen LogP) is 0.0856. The molecule has 0 radical (unpaired) electrons. The summed E-state index contributed by atoms with van der Waals surface area (Å²) in [6, 6.07) is 5.35. The molecule has 0 saturated heterocycles. The van der Waals surface area contributed by atoms with E-state index in [2.05, 4.69) is 15.4 Å². The summed E-state index contributed by atoms with van der Waals surface area (Å²) in [7, 11) is 1.88. The largest absolute Gasteiger partial charge is 0.364 e. The molecule has 2 aromatic rings. The van der Waals surface area contributed by atoms with Crippen LogP contribution in [0.1, 0.15) is 16.1 Å². The summed E-state index contributed by atoms with van der Waals surface area (Å²) in [6.07, 6.45) is 3.41. The van der Waals surface area contributed by atoms with Crippen molar-refractivity contribution >= 4 is 5.91 Å². The lowest BCUT2D eigenvalue weighted by atomic mass is 10.3. The predicted molar refractivity (Wildman–Crippen MR) is 62.6 cm³/mol. The molecule has 0 aliphatic rings. The molecule has 6 heteroatoms. The van der Waals surface area contributed by atoms with Crippen LogP contribution in [-0.4, -0.2) is 27.7 Å². The van der Waals surface area contributed by atoms with Crippen LogP contribution in [0, 0.1) is 0 Å². The van der Waals surface area contributed by atoms with Crippen LogP contribution < -0.4 is 11.1 Å². The van der Waals surface area contributed by atoms with E-state index in [1.165, 1.54) is 4.68 Å². The first-order valence-electron chi connectivity index (χ1n) is 5.16. The maximum absolute atomic E-state index is 10.9. The van der Waals surface area contributed by atoms with Crippen LogP contribution in [0.25, 0.3) is 5.82 Å². The van der Waals surface area contributed by atoms with Gasteiger partial charge >= 0.3 is 0 Å². The molecule has 17 heavy (non-hydrogen) atoms. The summed E-state index contributed by atoms with van der Waals surface area (Å²) in [5.41, 5.74) is 6.44. The van der Waals surface area contributed by atoms with Gasteiger partial charge in [-0.15, -0.1) is 0 Å². The Hall–Kier alpha value is -2.21. The quantitative estimate of drug-likeness (QED) is 0.780. The van der Waals surface area contributed by atoms with Crippen molar-refractivity contribution in [3.05, 3.63) is 41.9 Å². The first-order valence-corrected chi connectivity index (χ1v) is 5.16. The summed E-state index contributed by atoms with van der Waals surface area (Å²) >= 11 is 0. The molecule has 0 atom stereocenters. The number of primary amides is 1. The monoisotopic (exact) mass is 231 g/mol. The molecule has 0 aromatic carbocycles. The summed E-state index contributed by atoms with van der Waals surface area (Å²) in [4.78, 5) is 15.2. The average molecular weight is 231 g/mol. The number of pyridine rings is 1. The smallest absolute Gasteiger partial charge is 0.269 e. The molecule has 0 spiro atoms. The summed E-state index contributed by atoms with van der Waals surface area (Å²) in [5.74, 6) is 0.105. The van der Waals surface area contributed by atoms with E-state index in [4.69, 9.17) is 5.73 Å². The number of aromatic nitrogens is 3. The van der Waals surface area contributed by atoms with Gasteiger partial charge in [-0.1, -0.05) is 6.07 Å². The Morgan fingerprint density at radius 3 is 2.82 bits per heavy atom. The van der Waals surface area contributed by atoms with Crippen LogP contribution in [0.15, 0.2) is 30.6 Å². The Morgan fingerprint density at radius 1 is 1.47 bits per heavy atom. The first kappa shape index (κ1) is 11.3. The molecule has 0 saturated carbocycles. The van der Waals surface area contributed by atoms with Crippen LogP contribution in [-0.2, 0) is 6.54 Å². The maximum Gasteiger partial charge on any atom is 0.269 e. The summed E-state index contributed by atoms with van der Waals surface area (Å²) < 4.78 is 1.52. The van der Waals surface area contributed by atoms with Gasteiger partial charge in [0, 0.05) is 18.9 Å². The van der Waals surface area contributed by atoms with E-state index in [1.54, 1.807) is 18.5 Å². The number of hydrogen-bond acceptors (Lipinski definition) is 4. The van der Waals surface area contributed by atoms with Crippen molar-refractivity contribution in [1.82, 2.24) is 20.1 Å². The van der Waals surface area contributed by atoms with Gasteiger partial charge < -0.3 is 11.1 Å². The Balaban J connectivity index is 2.23. The van der Waals surface area contributed by atoms with E-state index in [0.29, 0.717) is 5.82 Å². The van der Waals surface area contributed by atoms with Crippen molar-refractivity contribution in [2.45, 2.75) is 6.54 Å². The minimum absolute atomic E-state index is 0.228. The van der Waals surface area contributed by atoms with Crippen LogP contribution in [0.5, 0.6) is 0 Å². The van der Waals surface area contributed by atoms with Crippen molar-refractivity contribution < 1.29 is 4.79 Å². The van der Waals surface area contributed by atoms with Crippen molar-refractivity contribution in [3.63, 3.8) is 0 Å². The van der Waals surface area contributed by atoms with Gasteiger partial charge in [-0.3, -0.25) is 4.79 Å². The van der Waals surface area contributed by atoms with Gasteiger partial charge in [-0.25, -0.2) is 9.67 Å². The van der Waals surface area contributed by atoms with E-state index in [0.717, 1.165) is 12.1 Å². The number of nitrogens with zero attached hydrogens (tertiary/aromatic N) is 3. The third-order valence-corrected chi connectivity index (χ3v) is 2.27. The lowest BCUT2D eigenvalue weighted by Crippen LogP contribution is -2.12. The zero-order chi connectivity index (χ0) is 12.3. The fourth-order valence-corrected chi connectivity index (χ4v) is 1.44. The normalized spacial score (nSPS) is 10.4. The standard InChI is InChI=1S/C11H13N5O/c1-13-6-8-2-3-10(14-7-8)16-5-4-9(15-16)11(12)17/h2-5,7,13H,6H2,1H3,(H2,12,17). The SMILES string of the molecule is CNCc1ccc(-n2ccc(C(N)=O)n2)nc1. The molecule has 0 fully saturated rings. The van der Waals surface area contributed by atoms with Gasteiger partial charge in [0.25, 0.3) is 5.91 Å². The second-order valence-electron chi connectivity index (χ2n) is 3.56. The van der Waals surface area contributed by atoms with E-state index >= 15 is 0 Å². The van der Waals surface area contributed by atoms with Crippen LogP contribution >= 0.6 is 0 Å². The van der Waals surface area contributed by atoms with Gasteiger partial charge in [0.15, 0.2) is 5.82 Å². The molecule has 0 aliphatic heterocycles. The average Bonchev–Trinajstić information content (AvgIpc) is 2.80. The molecule has 2 heterocycles. The lowest BCUT2D eigenvalue weighted by molar-refractivity contribution is 0.0995. The Bertz CT molecular complexity index is 517. The van der Waals surface area contributed by atoms with Gasteiger partial charge in [-0.2, -0.15) is 5.10 Å². The molecule has 88 valence electrons. The number of carbonyl (C=O) groups is 1. The van der Waals surface area contributed by atoms with Gasteiger partial charge in [0.1, 0.15) is 5.69 Å². The molecular formula is C11H13N5O. The maximum atomic E-state index is 10.9. The van der Waals surface area contributed by atoms with Gasteiger partial charge in [-0.05, 0) is 24.7 Å². The number of amides is 1. The minimum atomic E-state index is -0.546. The van der Waals surface area contributed by atoms with E-state index in [1.807, 2.05) is 19.2 Å². The van der Waals surface area contributed by atoms with E-state index in [-0.39, 0.29) is 5.69 Å². The highest BCUT2D eigenvalue weighted by molar-refractivity contribution is 5.90. The highest BCUT2D eigenvalue weighted by Gasteiger charge is 2.06. The summed E-state index contributed by atoms with van der Waals surface area (Å²) in [5, 5.41) is 7.06. The van der Waals surface area contributed by atoms with Crippen LogP contribution in [0.3, 0.4) is 0 Å². The van der Waals surface area contributed by atoms with Crippen molar-refractivity contribution in [1.29, 1.82) is 0 Å². The second-order valence-corrected chi connectivity index (χ2v) is 3.56. The highest BCUT2D eigenvalue weighted by Crippen LogP contribution is 2.06. The number of hydrogen-bond donors (Lipinski definition) is 2. The Morgan fingerprint density at radius 2 is 2.29 bits per heavy atom. The summed E-state index contributed by atoms with van der Waals surface area (Å²) in [6.45, 7) is 0.763. The molecule has 0 unspecified atom stereocenters. The molecule has 1 amide bonds. The molecule has 6 nitrogen and oxygen atoms in total. The fraction of sp³-hybridized carbons (Fsp3) is 0.182. The Kier molecular flexibility index (Phi) is 3.15. The van der Waals surface area contributed by atoms with E-state index in [9.17, 15) is 4.79 Å². The zero-order valence-corrected chi connectivity index (χ0v) is 9.42. The Labute approximate surface area is 98.5 Å². The third-order valence-electron chi connectivity index (χ3n) is 2.27. The van der Waals surface area contributed by atoms with Crippen molar-refractivity contribution in [2.75, 3.05) is 7.05 Å². The molecule has 2 aromatic heterocycles. The topological polar surface area (TPSA) is 85.8 Å². The van der Waals surface area contributed by atoms with E-state index < -0.39 is 5.91 Å². The lowest BCUT2D eigenvalue weighted by Gasteiger charge is -2.02. The highest BCUT2D eigenvalue weighted by atomic mass is 16.1. The fourth-order valence-electron chi connectivity index (χ4n) is 1.44. The van der Waals surface area contributed by atoms with Gasteiger partial charge in [0.2, 0.25) is 0 Å². The van der Waals surface area contributed by atoms with Crippen LogP contribution in [0.4, 0.5) is 0 Å². The minimum Gasteiger partial charge on any atom is -0.364 e. The molecule has 0 bridgehead atoms. The van der Waals surface area contributed by atoms with Crippen molar-refractivity contribution in [3.8, 4) is 5.82 Å². The molecule has 2 rings (SSSR count). The molecular weight excluding hydrogens is 218 g/mol. The number of nitrogens with one attached hydrogen (secondary N) is 1. The number of rotatable bonds is 4. The van der Waals surface area contributed by atoms with Gasteiger partial charge in [0.05, 0.1) is 0 Å². The number of carbonyl (C=O) groups excluding carboxylic acids is 1. The molecule has 3 N–H and O–H groups in total. The zero-order valence-electron chi connectivity index (χ0n) is 9.42. The number of nitrogens with two attached hydrogens (primary N) is 1. The molecule has 0 aliphatic carbocycles. The first-order chi connectivity index (χ1) is 8.20. The van der Waals surface area contributed by atoms with Crippen molar-refractivity contribution in [2.24, 2.45) is 5.73 Å².